The van der Waals surface area contributed by atoms with Gasteiger partial charge in [-0.3, -0.25) is 9.58 Å². The molecule has 6 rings (SSSR count). The first-order valence-corrected chi connectivity index (χ1v) is 14.3. The number of carbonyl (C=O) groups is 1. The third kappa shape index (κ3) is 3.82. The fourth-order valence-electron chi connectivity index (χ4n) is 5.96. The zero-order valence-electron chi connectivity index (χ0n) is 19.8. The fourth-order valence-corrected chi connectivity index (χ4v) is 6.84. The summed E-state index contributed by atoms with van der Waals surface area (Å²) in [5.74, 6) is 0. The van der Waals surface area contributed by atoms with Gasteiger partial charge in [0.25, 0.3) is 10.0 Å². The smallest absolute Gasteiger partial charge is 0.307 e. The Morgan fingerprint density at radius 2 is 1.74 bits per heavy atom. The van der Waals surface area contributed by atoms with Gasteiger partial charge < -0.3 is 5.32 Å². The molecule has 2 heterocycles. The molecule has 34 heavy (non-hydrogen) atoms. The Morgan fingerprint density at radius 1 is 1.06 bits per heavy atom. The molecule has 2 aromatic rings. The summed E-state index contributed by atoms with van der Waals surface area (Å²) in [5.41, 5.74) is 6.72. The number of hydrogen-bond acceptors (Lipinski definition) is 5. The van der Waals surface area contributed by atoms with Gasteiger partial charge >= 0.3 is 6.03 Å². The van der Waals surface area contributed by atoms with Crippen LogP contribution < -0.4 is 10.0 Å². The van der Waals surface area contributed by atoms with Crippen LogP contribution in [0.25, 0.3) is 0 Å². The van der Waals surface area contributed by atoms with Crippen LogP contribution >= 0.6 is 0 Å². The first-order chi connectivity index (χ1) is 16.4. The summed E-state index contributed by atoms with van der Waals surface area (Å²) in [7, 11) is -4.08. The van der Waals surface area contributed by atoms with Gasteiger partial charge in [-0.25, -0.2) is 9.52 Å². The average molecular weight is 484 g/mol. The molecule has 182 valence electrons. The number of aryl methyl sites for hydroxylation is 2. The molecule has 0 bridgehead atoms. The molecule has 0 radical (unpaired) electrons. The molecule has 1 aromatic carbocycles. The number of rotatable bonds is 7. The molecule has 2 amide bonds. The van der Waals surface area contributed by atoms with Gasteiger partial charge in [-0.15, -0.1) is 0 Å². The normalized spacial score (nSPS) is 20.5. The van der Waals surface area contributed by atoms with E-state index in [0.717, 1.165) is 82.3 Å². The minimum atomic E-state index is -4.08. The summed E-state index contributed by atoms with van der Waals surface area (Å²) in [6, 6.07) is 3.69. The number of anilines is 1. The van der Waals surface area contributed by atoms with E-state index >= 15 is 0 Å². The summed E-state index contributed by atoms with van der Waals surface area (Å²) < 4.78 is 30.6. The van der Waals surface area contributed by atoms with Crippen molar-refractivity contribution in [2.75, 3.05) is 18.4 Å². The lowest BCUT2D eigenvalue weighted by Crippen LogP contribution is -2.40. The SMILES string of the molecule is CCC(c1cc(S(=O)(=O)NC(=O)Nc2c3c(cc4c2CCC4)CCC3)nn1C1CC1)N1CCC1. The Morgan fingerprint density at radius 3 is 2.29 bits per heavy atom. The molecule has 4 aliphatic rings. The molecule has 8 nitrogen and oxygen atoms in total. The van der Waals surface area contributed by atoms with E-state index in [9.17, 15) is 13.2 Å². The summed E-state index contributed by atoms with van der Waals surface area (Å²) in [6.45, 7) is 4.19. The number of hydrogen-bond donors (Lipinski definition) is 2. The standard InChI is InChI=1S/C25H33N5O3S/c1-2-21(29-12-5-13-29)22-15-23(27-30(22)18-10-11-18)34(32,33)28-25(31)26-24-19-8-3-6-16(19)14-17-7-4-9-20(17)24/h14-15,18,21H,2-13H2,1H3,(H2,26,28,31). The second-order valence-electron chi connectivity index (χ2n) is 10.2. The van der Waals surface area contributed by atoms with E-state index in [1.54, 1.807) is 6.07 Å². The van der Waals surface area contributed by atoms with Gasteiger partial charge in [0.1, 0.15) is 0 Å². The molecule has 1 aromatic heterocycles. The maximum Gasteiger partial charge on any atom is 0.333 e. The Bertz CT molecular complexity index is 1210. The number of nitrogens with zero attached hydrogens (tertiary/aromatic N) is 3. The topological polar surface area (TPSA) is 96.3 Å². The molecule has 1 aliphatic heterocycles. The van der Waals surface area contributed by atoms with Crippen LogP contribution in [0.1, 0.15) is 85.5 Å². The lowest BCUT2D eigenvalue weighted by molar-refractivity contribution is 0.108. The van der Waals surface area contributed by atoms with Gasteiger partial charge in [-0.05, 0) is 86.5 Å². The highest BCUT2D eigenvalue weighted by Gasteiger charge is 2.35. The summed E-state index contributed by atoms with van der Waals surface area (Å²) in [5, 5.41) is 7.35. The van der Waals surface area contributed by atoms with E-state index in [1.807, 2.05) is 4.68 Å². The molecular formula is C25H33N5O3S. The molecule has 1 unspecified atom stereocenters. The van der Waals surface area contributed by atoms with E-state index in [1.165, 1.54) is 28.7 Å². The zero-order chi connectivity index (χ0) is 23.4. The van der Waals surface area contributed by atoms with Gasteiger partial charge in [0, 0.05) is 24.8 Å². The van der Waals surface area contributed by atoms with Crippen molar-refractivity contribution in [2.45, 2.75) is 88.2 Å². The van der Waals surface area contributed by atoms with E-state index < -0.39 is 16.1 Å². The van der Waals surface area contributed by atoms with Crippen LogP contribution in [-0.4, -0.2) is 42.2 Å². The van der Waals surface area contributed by atoms with E-state index in [-0.39, 0.29) is 17.1 Å². The Hall–Kier alpha value is -2.39. The van der Waals surface area contributed by atoms with Crippen LogP contribution in [0, 0.1) is 0 Å². The molecule has 0 spiro atoms. The summed E-state index contributed by atoms with van der Waals surface area (Å²) in [4.78, 5) is 15.3. The number of nitrogens with one attached hydrogen (secondary N) is 2. The molecule has 1 saturated heterocycles. The van der Waals surface area contributed by atoms with E-state index in [2.05, 4.69) is 33.0 Å². The maximum atomic E-state index is 13.2. The highest BCUT2D eigenvalue weighted by molar-refractivity contribution is 7.90. The predicted octanol–water partition coefficient (Wildman–Crippen LogP) is 3.86. The molecule has 9 heteroatoms. The molecule has 1 atom stereocenters. The lowest BCUT2D eigenvalue weighted by atomic mass is 9.99. The maximum absolute atomic E-state index is 13.2. The van der Waals surface area contributed by atoms with Crippen molar-refractivity contribution in [2.24, 2.45) is 0 Å². The largest absolute Gasteiger partial charge is 0.333 e. The third-order valence-corrected chi connectivity index (χ3v) is 9.11. The van der Waals surface area contributed by atoms with Crippen LogP contribution in [0.15, 0.2) is 17.2 Å². The predicted molar refractivity (Wildman–Crippen MR) is 130 cm³/mol. The molecular weight excluding hydrogens is 450 g/mol. The van der Waals surface area contributed by atoms with Gasteiger partial charge in [0.2, 0.25) is 0 Å². The van der Waals surface area contributed by atoms with Gasteiger partial charge in [-0.1, -0.05) is 13.0 Å². The third-order valence-electron chi connectivity index (χ3n) is 7.91. The number of sulfonamides is 1. The van der Waals surface area contributed by atoms with Crippen molar-refractivity contribution in [1.82, 2.24) is 19.4 Å². The Balaban J connectivity index is 1.25. The lowest BCUT2D eigenvalue weighted by Gasteiger charge is -2.38. The monoisotopic (exact) mass is 483 g/mol. The molecule has 2 fully saturated rings. The van der Waals surface area contributed by atoms with Crippen molar-refractivity contribution < 1.29 is 13.2 Å². The minimum Gasteiger partial charge on any atom is -0.307 e. The number of urea groups is 1. The van der Waals surface area contributed by atoms with Crippen LogP contribution in [0.5, 0.6) is 0 Å². The van der Waals surface area contributed by atoms with Gasteiger partial charge in [0.05, 0.1) is 17.8 Å². The highest BCUT2D eigenvalue weighted by Crippen LogP contribution is 2.40. The fraction of sp³-hybridized carbons (Fsp3) is 0.600. The van der Waals surface area contributed by atoms with Crippen molar-refractivity contribution in [1.29, 1.82) is 0 Å². The quantitative estimate of drug-likeness (QED) is 0.623. The molecule has 1 saturated carbocycles. The molecule has 2 N–H and O–H groups in total. The second-order valence-corrected chi connectivity index (χ2v) is 11.8. The number of carbonyl (C=O) groups excluding carboxylic acids is 1. The van der Waals surface area contributed by atoms with Crippen LogP contribution in [-0.2, 0) is 35.7 Å². The van der Waals surface area contributed by atoms with Crippen molar-refractivity contribution >= 4 is 21.7 Å². The van der Waals surface area contributed by atoms with Crippen LogP contribution in [0.4, 0.5) is 10.5 Å². The van der Waals surface area contributed by atoms with E-state index in [4.69, 9.17) is 0 Å². The summed E-state index contributed by atoms with van der Waals surface area (Å²) >= 11 is 0. The first kappa shape index (κ1) is 22.1. The van der Waals surface area contributed by atoms with Gasteiger partial charge in [-0.2, -0.15) is 13.5 Å². The Kier molecular flexibility index (Phi) is 5.44. The van der Waals surface area contributed by atoms with Crippen molar-refractivity contribution in [3.05, 3.63) is 40.1 Å². The summed E-state index contributed by atoms with van der Waals surface area (Å²) in [6.07, 6.45) is 10.1. The van der Waals surface area contributed by atoms with E-state index in [0.29, 0.717) is 0 Å². The number of benzene rings is 1. The highest BCUT2D eigenvalue weighted by atomic mass is 32.2. The van der Waals surface area contributed by atoms with Crippen LogP contribution in [0.2, 0.25) is 0 Å². The average Bonchev–Trinajstić information content (AvgIpc) is 3.15. The van der Waals surface area contributed by atoms with Gasteiger partial charge in [0.15, 0.2) is 5.03 Å². The number of aromatic nitrogens is 2. The van der Waals surface area contributed by atoms with Crippen molar-refractivity contribution in [3.8, 4) is 0 Å². The number of fused-ring (bicyclic) bond motifs is 2. The van der Waals surface area contributed by atoms with Crippen molar-refractivity contribution in [3.63, 3.8) is 0 Å². The van der Waals surface area contributed by atoms with Crippen LogP contribution in [0.3, 0.4) is 0 Å². The molecule has 3 aliphatic carbocycles. The minimum absolute atomic E-state index is 0.0629. The first-order valence-electron chi connectivity index (χ1n) is 12.8. The second kappa shape index (κ2) is 8.37. The zero-order valence-corrected chi connectivity index (χ0v) is 20.6. The number of amides is 2. The Labute approximate surface area is 201 Å². The number of likely N-dealkylation sites (tertiary alicyclic amines) is 1.